The highest BCUT2D eigenvalue weighted by Crippen LogP contribution is 2.19. The van der Waals surface area contributed by atoms with E-state index < -0.39 is 0 Å². The zero-order chi connectivity index (χ0) is 20.9. The molecule has 0 unspecified atom stereocenters. The van der Waals surface area contributed by atoms with Crippen molar-refractivity contribution in [3.8, 4) is 0 Å². The lowest BCUT2D eigenvalue weighted by Crippen LogP contribution is -2.43. The van der Waals surface area contributed by atoms with Crippen LogP contribution < -0.4 is 26.8 Å². The van der Waals surface area contributed by atoms with Gasteiger partial charge in [0.25, 0.3) is 5.56 Å². The molecule has 1 fully saturated rings. The minimum atomic E-state index is -0.113. The van der Waals surface area contributed by atoms with E-state index in [0.717, 1.165) is 51.1 Å². The van der Waals surface area contributed by atoms with Crippen molar-refractivity contribution in [2.75, 3.05) is 48.7 Å². The van der Waals surface area contributed by atoms with E-state index in [0.29, 0.717) is 23.3 Å². The fourth-order valence-electron chi connectivity index (χ4n) is 3.77. The predicted molar refractivity (Wildman–Crippen MR) is 122 cm³/mol. The number of hydrogen-bond donors (Lipinski definition) is 3. The van der Waals surface area contributed by atoms with E-state index in [2.05, 4.69) is 56.7 Å². The van der Waals surface area contributed by atoms with Gasteiger partial charge in [-0.15, -0.1) is 0 Å². The summed E-state index contributed by atoms with van der Waals surface area (Å²) in [6.45, 7) is 7.40. The molecule has 4 rings (SSSR count). The molecule has 1 aliphatic heterocycles. The zero-order valence-corrected chi connectivity index (χ0v) is 17.4. The topological polar surface area (TPSA) is 101 Å². The van der Waals surface area contributed by atoms with Gasteiger partial charge in [0.05, 0.1) is 12.1 Å². The Hall–Kier alpha value is -3.13. The number of fused-ring (bicyclic) bond motifs is 1. The van der Waals surface area contributed by atoms with Crippen LogP contribution in [-0.2, 0) is 6.54 Å². The molecule has 0 radical (unpaired) electrons. The molecule has 1 aromatic carbocycles. The number of nitrogen functional groups attached to an aromatic ring is 1. The summed E-state index contributed by atoms with van der Waals surface area (Å²) in [7, 11) is 0. The van der Waals surface area contributed by atoms with Crippen LogP contribution in [0.5, 0.6) is 0 Å². The number of hydrogen-bond acceptors (Lipinski definition) is 7. The number of rotatable bonds is 7. The number of nitrogens with one attached hydrogen (secondary N) is 2. The zero-order valence-electron chi connectivity index (χ0n) is 17.4. The number of benzene rings is 1. The fourth-order valence-corrected chi connectivity index (χ4v) is 3.77. The van der Waals surface area contributed by atoms with Crippen molar-refractivity contribution >= 4 is 28.4 Å². The maximum atomic E-state index is 13.2. The molecule has 158 valence electrons. The van der Waals surface area contributed by atoms with E-state index in [1.165, 1.54) is 5.69 Å². The third-order valence-electron chi connectivity index (χ3n) is 5.44. The van der Waals surface area contributed by atoms with Crippen molar-refractivity contribution in [2.45, 2.75) is 26.3 Å². The molecule has 0 amide bonds. The van der Waals surface area contributed by atoms with Crippen LogP contribution >= 0.6 is 0 Å². The lowest BCUT2D eigenvalue weighted by molar-refractivity contribution is 0.589. The van der Waals surface area contributed by atoms with Gasteiger partial charge >= 0.3 is 0 Å². The van der Waals surface area contributed by atoms with Crippen LogP contribution in [0.3, 0.4) is 0 Å². The molecule has 30 heavy (non-hydrogen) atoms. The highest BCUT2D eigenvalue weighted by atomic mass is 16.1. The Balaban J connectivity index is 1.59. The first-order valence-corrected chi connectivity index (χ1v) is 10.6. The summed E-state index contributed by atoms with van der Waals surface area (Å²) in [5.41, 5.74) is 8.59. The first-order valence-electron chi connectivity index (χ1n) is 10.6. The smallest absolute Gasteiger partial charge is 0.264 e. The lowest BCUT2D eigenvalue weighted by Gasteiger charge is -2.29. The Kier molecular flexibility index (Phi) is 6.13. The minimum absolute atomic E-state index is 0.113. The Labute approximate surface area is 176 Å². The maximum Gasteiger partial charge on any atom is 0.264 e. The SMILES string of the molecule is CCCCNc1nc(N)nc2ccn(Cc3ccc(N4CCNCC4)cc3)c(=O)c12. The highest BCUT2D eigenvalue weighted by Gasteiger charge is 2.13. The van der Waals surface area contributed by atoms with E-state index in [-0.39, 0.29) is 11.5 Å². The average molecular weight is 408 g/mol. The number of unbranched alkanes of at least 4 members (excludes halogenated alkanes) is 1. The van der Waals surface area contributed by atoms with Crippen LogP contribution in [0.25, 0.3) is 10.9 Å². The van der Waals surface area contributed by atoms with Gasteiger partial charge in [0.2, 0.25) is 5.95 Å². The quantitative estimate of drug-likeness (QED) is 0.515. The van der Waals surface area contributed by atoms with Crippen LogP contribution in [0.4, 0.5) is 17.5 Å². The molecule has 3 heterocycles. The first-order chi connectivity index (χ1) is 14.7. The summed E-state index contributed by atoms with van der Waals surface area (Å²) in [5, 5.41) is 7.11. The molecule has 0 bridgehead atoms. The van der Waals surface area contributed by atoms with Crippen molar-refractivity contribution in [1.29, 1.82) is 0 Å². The molecule has 0 spiro atoms. The van der Waals surface area contributed by atoms with Gasteiger partial charge in [-0.05, 0) is 30.2 Å². The number of nitrogens with two attached hydrogens (primary N) is 1. The molecule has 1 saturated heterocycles. The number of anilines is 3. The Morgan fingerprint density at radius 1 is 1.13 bits per heavy atom. The number of piperazine rings is 1. The summed E-state index contributed by atoms with van der Waals surface area (Å²) in [6.07, 6.45) is 3.82. The Morgan fingerprint density at radius 3 is 2.63 bits per heavy atom. The third kappa shape index (κ3) is 4.38. The summed E-state index contributed by atoms with van der Waals surface area (Å²) >= 11 is 0. The van der Waals surface area contributed by atoms with Crippen molar-refractivity contribution in [3.05, 3.63) is 52.4 Å². The number of pyridine rings is 1. The number of aromatic nitrogens is 3. The summed E-state index contributed by atoms with van der Waals surface area (Å²) in [4.78, 5) is 24.1. The van der Waals surface area contributed by atoms with E-state index in [1.54, 1.807) is 10.8 Å². The standard InChI is InChI=1S/C22H29N7O/c1-2-3-9-25-20-19-18(26-22(23)27-20)8-12-29(21(19)30)15-16-4-6-17(7-5-16)28-13-10-24-11-14-28/h4-8,12,24H,2-3,9-11,13-15H2,1H3,(H3,23,25,26,27). The second-order valence-corrected chi connectivity index (χ2v) is 7.62. The van der Waals surface area contributed by atoms with E-state index in [9.17, 15) is 4.79 Å². The molecular formula is C22H29N7O. The number of nitrogens with zero attached hydrogens (tertiary/aromatic N) is 4. The maximum absolute atomic E-state index is 13.2. The van der Waals surface area contributed by atoms with E-state index >= 15 is 0 Å². The van der Waals surface area contributed by atoms with Crippen molar-refractivity contribution < 1.29 is 0 Å². The third-order valence-corrected chi connectivity index (χ3v) is 5.44. The molecule has 3 aromatic rings. The van der Waals surface area contributed by atoms with Gasteiger partial charge in [0.15, 0.2) is 0 Å². The van der Waals surface area contributed by atoms with Crippen molar-refractivity contribution in [2.24, 2.45) is 0 Å². The molecular weight excluding hydrogens is 378 g/mol. The van der Waals surface area contributed by atoms with Crippen molar-refractivity contribution in [3.63, 3.8) is 0 Å². The average Bonchev–Trinajstić information content (AvgIpc) is 2.77. The van der Waals surface area contributed by atoms with Gasteiger partial charge in [0, 0.05) is 44.6 Å². The second-order valence-electron chi connectivity index (χ2n) is 7.62. The van der Waals surface area contributed by atoms with Gasteiger partial charge in [0.1, 0.15) is 11.2 Å². The van der Waals surface area contributed by atoms with Crippen LogP contribution in [-0.4, -0.2) is 47.3 Å². The summed E-state index contributed by atoms with van der Waals surface area (Å²) in [5.74, 6) is 0.682. The van der Waals surface area contributed by atoms with Gasteiger partial charge in [-0.2, -0.15) is 4.98 Å². The van der Waals surface area contributed by atoms with Crippen LogP contribution in [0.1, 0.15) is 25.3 Å². The Bertz CT molecular complexity index is 1060. The fraction of sp³-hybridized carbons (Fsp3) is 0.409. The minimum Gasteiger partial charge on any atom is -0.369 e. The summed E-state index contributed by atoms with van der Waals surface area (Å²) < 4.78 is 1.70. The molecule has 0 saturated carbocycles. The van der Waals surface area contributed by atoms with Crippen molar-refractivity contribution in [1.82, 2.24) is 19.9 Å². The molecule has 8 heteroatoms. The van der Waals surface area contributed by atoms with Crippen LogP contribution in [0.15, 0.2) is 41.3 Å². The molecule has 0 aliphatic carbocycles. The Morgan fingerprint density at radius 2 is 1.90 bits per heavy atom. The molecule has 8 nitrogen and oxygen atoms in total. The van der Waals surface area contributed by atoms with E-state index in [4.69, 9.17) is 5.73 Å². The van der Waals surface area contributed by atoms with Gasteiger partial charge < -0.3 is 25.8 Å². The molecule has 1 aliphatic rings. The molecule has 2 aromatic heterocycles. The first kappa shape index (κ1) is 20.2. The van der Waals surface area contributed by atoms with Crippen LogP contribution in [0, 0.1) is 0 Å². The molecule has 0 atom stereocenters. The normalized spacial score (nSPS) is 14.2. The molecule has 4 N–H and O–H groups in total. The van der Waals surface area contributed by atoms with E-state index in [1.807, 2.05) is 6.07 Å². The van der Waals surface area contributed by atoms with Gasteiger partial charge in [-0.3, -0.25) is 4.79 Å². The van der Waals surface area contributed by atoms with Gasteiger partial charge in [-0.25, -0.2) is 4.98 Å². The summed E-state index contributed by atoms with van der Waals surface area (Å²) in [6, 6.07) is 10.3. The second kappa shape index (κ2) is 9.13. The van der Waals surface area contributed by atoms with Crippen LogP contribution in [0.2, 0.25) is 0 Å². The lowest BCUT2D eigenvalue weighted by atomic mass is 10.1. The predicted octanol–water partition coefficient (Wildman–Crippen LogP) is 2.04. The monoisotopic (exact) mass is 407 g/mol. The highest BCUT2D eigenvalue weighted by molar-refractivity contribution is 5.89. The largest absolute Gasteiger partial charge is 0.369 e. The van der Waals surface area contributed by atoms with Gasteiger partial charge in [-0.1, -0.05) is 25.5 Å².